The Morgan fingerprint density at radius 2 is 1.89 bits per heavy atom. The summed E-state index contributed by atoms with van der Waals surface area (Å²) in [5.41, 5.74) is 1.21. The highest BCUT2D eigenvalue weighted by Gasteiger charge is 2.12. The van der Waals surface area contributed by atoms with Gasteiger partial charge in [0.2, 0.25) is 0 Å². The summed E-state index contributed by atoms with van der Waals surface area (Å²) in [6, 6.07) is 16.9. The summed E-state index contributed by atoms with van der Waals surface area (Å²) in [6.45, 7) is 0.209. The van der Waals surface area contributed by atoms with Gasteiger partial charge < -0.3 is 9.73 Å². The SMILES string of the molecule is O=C(NCc1ccc(-c2nc3ccccc3s2)o1)c1ccc([N+](=O)[O-])cc1. The van der Waals surface area contributed by atoms with Gasteiger partial charge in [-0.1, -0.05) is 12.1 Å². The van der Waals surface area contributed by atoms with E-state index in [-0.39, 0.29) is 18.1 Å². The lowest BCUT2D eigenvalue weighted by atomic mass is 10.2. The number of aromatic nitrogens is 1. The molecule has 0 aliphatic heterocycles. The van der Waals surface area contributed by atoms with Crippen LogP contribution in [0.3, 0.4) is 0 Å². The Morgan fingerprint density at radius 3 is 2.63 bits per heavy atom. The van der Waals surface area contributed by atoms with E-state index < -0.39 is 4.92 Å². The first-order valence-corrected chi connectivity index (χ1v) is 8.89. The molecular weight excluding hydrogens is 366 g/mol. The van der Waals surface area contributed by atoms with Crippen LogP contribution in [0.15, 0.2) is 65.1 Å². The number of amides is 1. The van der Waals surface area contributed by atoms with Crippen LogP contribution in [0.1, 0.15) is 16.1 Å². The van der Waals surface area contributed by atoms with Crippen molar-refractivity contribution in [1.82, 2.24) is 10.3 Å². The fraction of sp³-hybridized carbons (Fsp3) is 0.0526. The molecule has 0 spiro atoms. The number of para-hydroxylation sites is 1. The molecule has 0 fully saturated rings. The molecule has 2 aromatic heterocycles. The van der Waals surface area contributed by atoms with Crippen LogP contribution in [0.25, 0.3) is 21.0 Å². The summed E-state index contributed by atoms with van der Waals surface area (Å²) >= 11 is 1.54. The Hall–Kier alpha value is -3.52. The lowest BCUT2D eigenvalue weighted by molar-refractivity contribution is -0.384. The summed E-state index contributed by atoms with van der Waals surface area (Å²) in [5.74, 6) is 0.915. The molecule has 0 aliphatic carbocycles. The maximum absolute atomic E-state index is 12.2. The zero-order valence-electron chi connectivity index (χ0n) is 13.9. The number of fused-ring (bicyclic) bond motifs is 1. The van der Waals surface area contributed by atoms with Crippen LogP contribution in [0.5, 0.6) is 0 Å². The second kappa shape index (κ2) is 7.00. The molecule has 2 aromatic carbocycles. The highest BCUT2D eigenvalue weighted by Crippen LogP contribution is 2.31. The molecule has 0 saturated carbocycles. The van der Waals surface area contributed by atoms with Crippen LogP contribution in [-0.4, -0.2) is 15.8 Å². The average Bonchev–Trinajstić information content (AvgIpc) is 3.32. The number of carbonyl (C=O) groups is 1. The van der Waals surface area contributed by atoms with Crippen LogP contribution < -0.4 is 5.32 Å². The van der Waals surface area contributed by atoms with Gasteiger partial charge >= 0.3 is 0 Å². The fourth-order valence-corrected chi connectivity index (χ4v) is 3.50. The second-order valence-electron chi connectivity index (χ2n) is 5.74. The quantitative estimate of drug-likeness (QED) is 0.409. The van der Waals surface area contributed by atoms with Crippen LogP contribution in [0, 0.1) is 10.1 Å². The van der Waals surface area contributed by atoms with E-state index in [1.54, 1.807) is 17.4 Å². The molecule has 0 atom stereocenters. The highest BCUT2D eigenvalue weighted by molar-refractivity contribution is 7.21. The van der Waals surface area contributed by atoms with Gasteiger partial charge in [-0.05, 0) is 36.4 Å². The zero-order chi connectivity index (χ0) is 18.8. The summed E-state index contributed by atoms with van der Waals surface area (Å²) < 4.78 is 6.86. The molecule has 0 aliphatic rings. The van der Waals surface area contributed by atoms with Gasteiger partial charge in [-0.15, -0.1) is 11.3 Å². The average molecular weight is 379 g/mol. The number of nitrogens with zero attached hydrogens (tertiary/aromatic N) is 2. The van der Waals surface area contributed by atoms with E-state index in [2.05, 4.69) is 10.3 Å². The number of nitro groups is 1. The first-order valence-electron chi connectivity index (χ1n) is 8.07. The number of rotatable bonds is 5. The van der Waals surface area contributed by atoms with Crippen molar-refractivity contribution in [3.8, 4) is 10.8 Å². The number of benzene rings is 2. The Labute approximate surface area is 157 Å². The zero-order valence-corrected chi connectivity index (χ0v) is 14.7. The molecule has 0 saturated heterocycles. The number of nitro benzene ring substituents is 1. The third kappa shape index (κ3) is 3.56. The second-order valence-corrected chi connectivity index (χ2v) is 6.77. The first kappa shape index (κ1) is 16.9. The molecule has 1 amide bonds. The van der Waals surface area contributed by atoms with E-state index in [9.17, 15) is 14.9 Å². The van der Waals surface area contributed by atoms with Gasteiger partial charge in [-0.3, -0.25) is 14.9 Å². The molecule has 4 rings (SSSR count). The Kier molecular flexibility index (Phi) is 4.39. The highest BCUT2D eigenvalue weighted by atomic mass is 32.1. The third-order valence-electron chi connectivity index (χ3n) is 3.93. The van der Waals surface area contributed by atoms with E-state index >= 15 is 0 Å². The summed E-state index contributed by atoms with van der Waals surface area (Å²) in [4.78, 5) is 26.9. The maximum atomic E-state index is 12.2. The van der Waals surface area contributed by atoms with E-state index in [1.807, 2.05) is 30.3 Å². The molecule has 27 heavy (non-hydrogen) atoms. The lowest BCUT2D eigenvalue weighted by Gasteiger charge is -2.03. The van der Waals surface area contributed by atoms with E-state index in [4.69, 9.17) is 4.42 Å². The largest absolute Gasteiger partial charge is 0.457 e. The minimum atomic E-state index is -0.506. The molecule has 1 N–H and O–H groups in total. The van der Waals surface area contributed by atoms with E-state index in [0.717, 1.165) is 15.2 Å². The molecule has 0 unspecified atom stereocenters. The number of thiazole rings is 1. The van der Waals surface area contributed by atoms with E-state index in [1.165, 1.54) is 24.3 Å². The minimum Gasteiger partial charge on any atom is -0.457 e. The minimum absolute atomic E-state index is 0.0574. The smallest absolute Gasteiger partial charge is 0.269 e. The molecule has 8 heteroatoms. The molecular formula is C19H13N3O4S. The third-order valence-corrected chi connectivity index (χ3v) is 4.98. The van der Waals surface area contributed by atoms with Crippen molar-refractivity contribution < 1.29 is 14.1 Å². The van der Waals surface area contributed by atoms with Gasteiger partial charge in [-0.25, -0.2) is 4.98 Å². The summed E-state index contributed by atoms with van der Waals surface area (Å²) in [7, 11) is 0. The normalized spacial score (nSPS) is 10.8. The topological polar surface area (TPSA) is 98.3 Å². The Morgan fingerprint density at radius 1 is 1.11 bits per heavy atom. The van der Waals surface area contributed by atoms with Crippen molar-refractivity contribution in [2.75, 3.05) is 0 Å². The molecule has 134 valence electrons. The number of hydrogen-bond donors (Lipinski definition) is 1. The van der Waals surface area contributed by atoms with Gasteiger partial charge in [0.1, 0.15) is 5.76 Å². The van der Waals surface area contributed by atoms with Crippen LogP contribution in [-0.2, 0) is 6.54 Å². The molecule has 4 aromatic rings. The fourth-order valence-electron chi connectivity index (χ4n) is 2.57. The van der Waals surface area contributed by atoms with Gasteiger partial charge in [0.05, 0.1) is 21.7 Å². The first-order chi connectivity index (χ1) is 13.1. The number of nitrogens with one attached hydrogen (secondary N) is 1. The maximum Gasteiger partial charge on any atom is 0.269 e. The Bertz CT molecular complexity index is 1100. The number of furan rings is 1. The van der Waals surface area contributed by atoms with Gasteiger partial charge in [0.25, 0.3) is 11.6 Å². The van der Waals surface area contributed by atoms with Crippen molar-refractivity contribution in [3.63, 3.8) is 0 Å². The number of non-ortho nitro benzene ring substituents is 1. The number of hydrogen-bond acceptors (Lipinski definition) is 6. The molecule has 2 heterocycles. The van der Waals surface area contributed by atoms with Crippen molar-refractivity contribution >= 4 is 33.1 Å². The predicted octanol–water partition coefficient (Wildman–Crippen LogP) is 4.39. The molecule has 0 radical (unpaired) electrons. The van der Waals surface area contributed by atoms with Gasteiger partial charge in [-0.2, -0.15) is 0 Å². The Balaban J connectivity index is 1.43. The lowest BCUT2D eigenvalue weighted by Crippen LogP contribution is -2.22. The van der Waals surface area contributed by atoms with Gasteiger partial charge in [0, 0.05) is 17.7 Å². The van der Waals surface area contributed by atoms with Crippen molar-refractivity contribution in [2.45, 2.75) is 6.54 Å². The molecule has 0 bridgehead atoms. The monoisotopic (exact) mass is 379 g/mol. The standard InChI is InChI=1S/C19H13N3O4S/c23-18(12-5-7-13(8-6-12)22(24)25)20-11-14-9-10-16(26-14)19-21-15-3-1-2-4-17(15)27-19/h1-10H,11H2,(H,20,23). The van der Waals surface area contributed by atoms with Crippen molar-refractivity contribution in [3.05, 3.63) is 82.1 Å². The van der Waals surface area contributed by atoms with Crippen LogP contribution >= 0.6 is 11.3 Å². The van der Waals surface area contributed by atoms with E-state index in [0.29, 0.717) is 17.1 Å². The number of carbonyl (C=O) groups excluding carboxylic acids is 1. The van der Waals surface area contributed by atoms with Gasteiger partial charge in [0.15, 0.2) is 10.8 Å². The van der Waals surface area contributed by atoms with Crippen molar-refractivity contribution in [1.29, 1.82) is 0 Å². The summed E-state index contributed by atoms with van der Waals surface area (Å²) in [5, 5.41) is 14.2. The van der Waals surface area contributed by atoms with Crippen LogP contribution in [0.4, 0.5) is 5.69 Å². The van der Waals surface area contributed by atoms with Crippen molar-refractivity contribution in [2.24, 2.45) is 0 Å². The van der Waals surface area contributed by atoms with Crippen LogP contribution in [0.2, 0.25) is 0 Å². The summed E-state index contributed by atoms with van der Waals surface area (Å²) in [6.07, 6.45) is 0. The predicted molar refractivity (Wildman–Crippen MR) is 102 cm³/mol. The molecule has 7 nitrogen and oxygen atoms in total.